The van der Waals surface area contributed by atoms with Gasteiger partial charge in [0, 0.05) is 38.7 Å². The molecule has 0 aromatic carbocycles. The minimum Gasteiger partial charge on any atom is -0.359 e. The van der Waals surface area contributed by atoms with Crippen LogP contribution < -0.4 is 10.6 Å². The van der Waals surface area contributed by atoms with Crippen LogP contribution in [0.15, 0.2) is 42.9 Å². The summed E-state index contributed by atoms with van der Waals surface area (Å²) in [5, 5.41) is 0. The lowest BCUT2D eigenvalue weighted by Gasteiger charge is -2.18. The predicted molar refractivity (Wildman–Crippen MR) is 73.3 cm³/mol. The second kappa shape index (κ2) is 6.12. The van der Waals surface area contributed by atoms with E-state index in [0.29, 0.717) is 6.54 Å². The van der Waals surface area contributed by atoms with Gasteiger partial charge in [0.15, 0.2) is 0 Å². The summed E-state index contributed by atoms with van der Waals surface area (Å²) in [6.07, 6.45) is 6.46. The van der Waals surface area contributed by atoms with Crippen molar-refractivity contribution in [3.05, 3.63) is 54.0 Å². The molecule has 4 heteroatoms. The SMILES string of the molecule is CN(CCc1ccncc1)c1ccc(CN)cn1. The third-order valence-electron chi connectivity index (χ3n) is 2.92. The number of nitrogens with two attached hydrogens (primary N) is 1. The maximum Gasteiger partial charge on any atom is 0.128 e. The van der Waals surface area contributed by atoms with E-state index in [0.717, 1.165) is 24.3 Å². The number of hydrogen-bond acceptors (Lipinski definition) is 4. The van der Waals surface area contributed by atoms with Crippen molar-refractivity contribution in [2.24, 2.45) is 5.73 Å². The van der Waals surface area contributed by atoms with E-state index < -0.39 is 0 Å². The van der Waals surface area contributed by atoms with E-state index in [1.807, 2.05) is 49.9 Å². The Labute approximate surface area is 107 Å². The molecule has 0 aliphatic heterocycles. The van der Waals surface area contributed by atoms with E-state index in [4.69, 9.17) is 5.73 Å². The van der Waals surface area contributed by atoms with Crippen LogP contribution in [0.1, 0.15) is 11.1 Å². The summed E-state index contributed by atoms with van der Waals surface area (Å²) in [5.41, 5.74) is 7.90. The standard InChI is InChI=1S/C14H18N4/c1-18(9-6-12-4-7-16-8-5-12)14-3-2-13(10-15)11-17-14/h2-5,7-8,11H,6,9-10,15H2,1H3. The zero-order valence-corrected chi connectivity index (χ0v) is 10.6. The summed E-state index contributed by atoms with van der Waals surface area (Å²) in [6.45, 7) is 1.47. The molecular formula is C14H18N4. The van der Waals surface area contributed by atoms with Crippen LogP contribution in [0.25, 0.3) is 0 Å². The van der Waals surface area contributed by atoms with E-state index in [1.54, 1.807) is 0 Å². The van der Waals surface area contributed by atoms with E-state index in [2.05, 4.69) is 14.9 Å². The van der Waals surface area contributed by atoms with E-state index >= 15 is 0 Å². The normalized spacial score (nSPS) is 10.3. The van der Waals surface area contributed by atoms with Gasteiger partial charge in [0.2, 0.25) is 0 Å². The van der Waals surface area contributed by atoms with Crippen LogP contribution in [-0.4, -0.2) is 23.6 Å². The molecule has 0 saturated heterocycles. The van der Waals surface area contributed by atoms with Crippen molar-refractivity contribution in [2.75, 3.05) is 18.5 Å². The fourth-order valence-corrected chi connectivity index (χ4v) is 1.72. The molecule has 0 atom stereocenters. The largest absolute Gasteiger partial charge is 0.359 e. The molecule has 0 aliphatic carbocycles. The Kier molecular flexibility index (Phi) is 4.25. The van der Waals surface area contributed by atoms with Gasteiger partial charge in [-0.05, 0) is 35.7 Å². The number of rotatable bonds is 5. The number of nitrogens with zero attached hydrogens (tertiary/aromatic N) is 3. The fraction of sp³-hybridized carbons (Fsp3) is 0.286. The molecular weight excluding hydrogens is 224 g/mol. The highest BCUT2D eigenvalue weighted by molar-refractivity contribution is 5.38. The van der Waals surface area contributed by atoms with Gasteiger partial charge < -0.3 is 10.6 Å². The van der Waals surface area contributed by atoms with Crippen molar-refractivity contribution in [3.63, 3.8) is 0 Å². The minimum absolute atomic E-state index is 0.536. The van der Waals surface area contributed by atoms with E-state index in [-0.39, 0.29) is 0 Å². The topological polar surface area (TPSA) is 55.0 Å². The first-order valence-electron chi connectivity index (χ1n) is 6.04. The lowest BCUT2D eigenvalue weighted by Crippen LogP contribution is -2.21. The molecule has 0 bridgehead atoms. The van der Waals surface area contributed by atoms with Gasteiger partial charge in [-0.15, -0.1) is 0 Å². The first-order chi connectivity index (χ1) is 8.79. The summed E-state index contributed by atoms with van der Waals surface area (Å²) in [5.74, 6) is 0.973. The smallest absolute Gasteiger partial charge is 0.128 e. The van der Waals surface area contributed by atoms with Gasteiger partial charge in [0.25, 0.3) is 0 Å². The molecule has 0 amide bonds. The summed E-state index contributed by atoms with van der Waals surface area (Å²) in [7, 11) is 2.05. The second-order valence-corrected chi connectivity index (χ2v) is 4.26. The van der Waals surface area contributed by atoms with Crippen LogP contribution in [0.4, 0.5) is 5.82 Å². The molecule has 4 nitrogen and oxygen atoms in total. The molecule has 0 spiro atoms. The monoisotopic (exact) mass is 242 g/mol. The Morgan fingerprint density at radius 2 is 1.89 bits per heavy atom. The maximum atomic E-state index is 5.55. The molecule has 2 N–H and O–H groups in total. The zero-order valence-electron chi connectivity index (χ0n) is 10.6. The fourth-order valence-electron chi connectivity index (χ4n) is 1.72. The summed E-state index contributed by atoms with van der Waals surface area (Å²) in [6, 6.07) is 8.11. The van der Waals surface area contributed by atoms with Gasteiger partial charge in [-0.25, -0.2) is 4.98 Å². The highest BCUT2D eigenvalue weighted by Crippen LogP contribution is 2.10. The number of pyridine rings is 2. The van der Waals surface area contributed by atoms with Crippen LogP contribution in [-0.2, 0) is 13.0 Å². The Balaban J connectivity index is 1.93. The number of likely N-dealkylation sites (N-methyl/N-ethyl adjacent to an activating group) is 1. The molecule has 2 aromatic rings. The van der Waals surface area contributed by atoms with E-state index in [1.165, 1.54) is 5.56 Å². The van der Waals surface area contributed by atoms with Crippen molar-refractivity contribution in [1.29, 1.82) is 0 Å². The second-order valence-electron chi connectivity index (χ2n) is 4.26. The Bertz CT molecular complexity index is 467. The summed E-state index contributed by atoms with van der Waals surface area (Å²) in [4.78, 5) is 10.5. The van der Waals surface area contributed by atoms with Crippen molar-refractivity contribution >= 4 is 5.82 Å². The molecule has 0 saturated carbocycles. The molecule has 0 radical (unpaired) electrons. The lowest BCUT2D eigenvalue weighted by molar-refractivity contribution is 0.856. The van der Waals surface area contributed by atoms with Crippen LogP contribution in [0.5, 0.6) is 0 Å². The van der Waals surface area contributed by atoms with Gasteiger partial charge >= 0.3 is 0 Å². The van der Waals surface area contributed by atoms with Gasteiger partial charge in [0.1, 0.15) is 5.82 Å². The molecule has 2 heterocycles. The first kappa shape index (κ1) is 12.5. The van der Waals surface area contributed by atoms with Gasteiger partial charge in [-0.3, -0.25) is 4.98 Å². The highest BCUT2D eigenvalue weighted by atomic mass is 15.2. The maximum absolute atomic E-state index is 5.55. The third kappa shape index (κ3) is 3.28. The minimum atomic E-state index is 0.536. The van der Waals surface area contributed by atoms with Gasteiger partial charge in [-0.2, -0.15) is 0 Å². The number of aromatic nitrogens is 2. The molecule has 0 aliphatic rings. The van der Waals surface area contributed by atoms with Crippen LogP contribution in [0.3, 0.4) is 0 Å². The average molecular weight is 242 g/mol. The molecule has 2 aromatic heterocycles. The Hall–Kier alpha value is -1.94. The zero-order chi connectivity index (χ0) is 12.8. The molecule has 94 valence electrons. The summed E-state index contributed by atoms with van der Waals surface area (Å²) >= 11 is 0. The Morgan fingerprint density at radius 3 is 2.50 bits per heavy atom. The van der Waals surface area contributed by atoms with Crippen LogP contribution >= 0.6 is 0 Å². The van der Waals surface area contributed by atoms with Crippen molar-refractivity contribution in [1.82, 2.24) is 9.97 Å². The highest BCUT2D eigenvalue weighted by Gasteiger charge is 2.02. The van der Waals surface area contributed by atoms with Crippen LogP contribution in [0, 0.1) is 0 Å². The quantitative estimate of drug-likeness (QED) is 0.865. The average Bonchev–Trinajstić information content (AvgIpc) is 2.46. The van der Waals surface area contributed by atoms with Gasteiger partial charge in [-0.1, -0.05) is 6.07 Å². The van der Waals surface area contributed by atoms with Crippen molar-refractivity contribution in [3.8, 4) is 0 Å². The van der Waals surface area contributed by atoms with Crippen molar-refractivity contribution in [2.45, 2.75) is 13.0 Å². The number of hydrogen-bond donors (Lipinski definition) is 1. The number of anilines is 1. The lowest BCUT2D eigenvalue weighted by atomic mass is 10.2. The molecule has 0 unspecified atom stereocenters. The van der Waals surface area contributed by atoms with Crippen molar-refractivity contribution < 1.29 is 0 Å². The van der Waals surface area contributed by atoms with Crippen LogP contribution in [0.2, 0.25) is 0 Å². The Morgan fingerprint density at radius 1 is 1.11 bits per heavy atom. The first-order valence-corrected chi connectivity index (χ1v) is 6.04. The molecule has 0 fully saturated rings. The third-order valence-corrected chi connectivity index (χ3v) is 2.92. The van der Waals surface area contributed by atoms with Gasteiger partial charge in [0.05, 0.1) is 0 Å². The van der Waals surface area contributed by atoms with E-state index in [9.17, 15) is 0 Å². The predicted octanol–water partition coefficient (Wildman–Crippen LogP) is 1.61. The molecule has 2 rings (SSSR count). The molecule has 18 heavy (non-hydrogen) atoms. The summed E-state index contributed by atoms with van der Waals surface area (Å²) < 4.78 is 0.